The number of hydrogen-bond donors (Lipinski definition) is 4. The van der Waals surface area contributed by atoms with Crippen molar-refractivity contribution in [1.29, 1.82) is 0 Å². The van der Waals surface area contributed by atoms with Crippen LogP contribution in [0.4, 0.5) is 5.69 Å². The molecule has 1 aliphatic heterocycles. The third-order valence-electron chi connectivity index (χ3n) is 4.13. The molecule has 1 fully saturated rings. The molecule has 3 rings (SSSR count). The molecule has 5 atom stereocenters. The summed E-state index contributed by atoms with van der Waals surface area (Å²) in [5.74, 6) is 0. The van der Waals surface area contributed by atoms with Gasteiger partial charge in [-0.1, -0.05) is 17.3 Å². The van der Waals surface area contributed by atoms with Gasteiger partial charge in [-0.15, -0.1) is 5.10 Å². The van der Waals surface area contributed by atoms with Gasteiger partial charge in [-0.3, -0.25) is 0 Å². The maximum absolute atomic E-state index is 10.3. The van der Waals surface area contributed by atoms with Crippen LogP contribution in [0.1, 0.15) is 13.0 Å². The second-order valence-corrected chi connectivity index (χ2v) is 5.74. The van der Waals surface area contributed by atoms with E-state index in [0.29, 0.717) is 11.4 Å². The van der Waals surface area contributed by atoms with E-state index in [-0.39, 0.29) is 6.61 Å². The summed E-state index contributed by atoms with van der Waals surface area (Å²) in [4.78, 5) is 0. The van der Waals surface area contributed by atoms with Gasteiger partial charge in [-0.25, -0.2) is 4.68 Å². The number of anilines is 1. The molecule has 2 aromatic rings. The lowest BCUT2D eigenvalue weighted by atomic mass is 9.93. The largest absolute Gasteiger partial charge is 0.399 e. The summed E-state index contributed by atoms with van der Waals surface area (Å²) in [5, 5.41) is 37.7. The molecule has 8 heteroatoms. The number of hydrogen-bond acceptors (Lipinski definition) is 7. The summed E-state index contributed by atoms with van der Waals surface area (Å²) in [6, 6.07) is 6.64. The zero-order valence-corrected chi connectivity index (χ0v) is 12.6. The molecule has 0 unspecified atom stereocenters. The lowest BCUT2D eigenvalue weighted by Gasteiger charge is -2.40. The molecule has 0 aliphatic carbocycles. The van der Waals surface area contributed by atoms with Crippen LogP contribution in [0, 0.1) is 0 Å². The Hall–Kier alpha value is -2.00. The second kappa shape index (κ2) is 6.25. The van der Waals surface area contributed by atoms with Gasteiger partial charge in [-0.2, -0.15) is 0 Å². The zero-order chi connectivity index (χ0) is 16.6. The predicted molar refractivity (Wildman–Crippen MR) is 82.3 cm³/mol. The van der Waals surface area contributed by atoms with Crippen molar-refractivity contribution < 1.29 is 20.1 Å². The average Bonchev–Trinajstić information content (AvgIpc) is 3.00. The van der Waals surface area contributed by atoms with Gasteiger partial charge in [0.05, 0.1) is 18.9 Å². The lowest BCUT2D eigenvalue weighted by molar-refractivity contribution is -0.200. The molecule has 2 heterocycles. The average molecular weight is 320 g/mol. The molecule has 0 radical (unpaired) electrons. The standard InChI is InChI=1S/C15H20N4O4/c1-8-13(15(22)14(21)12(7-20)23-8)19-6-11(17-18-19)9-3-2-4-10(16)5-9/h2-6,8,12-15,20-22H,7,16H2,1H3/t8-,12+,13-,14-,15+/m0/s1. The molecule has 124 valence electrons. The van der Waals surface area contributed by atoms with Crippen LogP contribution in [0.5, 0.6) is 0 Å². The molecule has 5 N–H and O–H groups in total. The summed E-state index contributed by atoms with van der Waals surface area (Å²) in [6.45, 7) is 1.39. The molecule has 1 aromatic heterocycles. The van der Waals surface area contributed by atoms with Gasteiger partial charge < -0.3 is 25.8 Å². The number of aliphatic hydroxyl groups excluding tert-OH is 3. The van der Waals surface area contributed by atoms with E-state index in [4.69, 9.17) is 10.5 Å². The number of nitrogen functional groups attached to an aromatic ring is 1. The lowest BCUT2D eigenvalue weighted by Crippen LogP contribution is -2.55. The molecule has 8 nitrogen and oxygen atoms in total. The van der Waals surface area contributed by atoms with Crippen molar-refractivity contribution in [3.8, 4) is 11.3 Å². The number of ether oxygens (including phenoxy) is 1. The highest BCUT2D eigenvalue weighted by atomic mass is 16.5. The summed E-state index contributed by atoms with van der Waals surface area (Å²) in [6.07, 6.45) is -1.89. The van der Waals surface area contributed by atoms with Gasteiger partial charge in [0.1, 0.15) is 30.0 Å². The minimum Gasteiger partial charge on any atom is -0.399 e. The number of nitrogens with two attached hydrogens (primary N) is 1. The molecule has 1 saturated heterocycles. The van der Waals surface area contributed by atoms with Crippen molar-refractivity contribution in [1.82, 2.24) is 15.0 Å². The van der Waals surface area contributed by atoms with Crippen LogP contribution in [-0.4, -0.2) is 61.3 Å². The van der Waals surface area contributed by atoms with Crippen LogP contribution in [0.3, 0.4) is 0 Å². The maximum Gasteiger partial charge on any atom is 0.113 e. The zero-order valence-electron chi connectivity index (χ0n) is 12.6. The first-order valence-electron chi connectivity index (χ1n) is 7.41. The minimum absolute atomic E-state index is 0.360. The third kappa shape index (κ3) is 2.93. The van der Waals surface area contributed by atoms with E-state index < -0.39 is 30.5 Å². The van der Waals surface area contributed by atoms with Crippen molar-refractivity contribution in [2.75, 3.05) is 12.3 Å². The molecule has 0 amide bonds. The summed E-state index contributed by atoms with van der Waals surface area (Å²) < 4.78 is 7.03. The topological polar surface area (TPSA) is 127 Å². The van der Waals surface area contributed by atoms with Gasteiger partial charge >= 0.3 is 0 Å². The Morgan fingerprint density at radius 3 is 2.78 bits per heavy atom. The molecule has 0 spiro atoms. The number of aromatic nitrogens is 3. The van der Waals surface area contributed by atoms with Gasteiger partial charge in [0.25, 0.3) is 0 Å². The van der Waals surface area contributed by atoms with Crippen LogP contribution < -0.4 is 5.73 Å². The molecular formula is C15H20N4O4. The van der Waals surface area contributed by atoms with Gasteiger partial charge in [-0.05, 0) is 19.1 Å². The molecule has 23 heavy (non-hydrogen) atoms. The Morgan fingerprint density at radius 1 is 1.30 bits per heavy atom. The fourth-order valence-corrected chi connectivity index (χ4v) is 2.91. The highest BCUT2D eigenvalue weighted by Gasteiger charge is 2.43. The molecular weight excluding hydrogens is 300 g/mol. The summed E-state index contributed by atoms with van der Waals surface area (Å²) >= 11 is 0. The molecule has 1 aliphatic rings. The highest BCUT2D eigenvalue weighted by Crippen LogP contribution is 2.30. The van der Waals surface area contributed by atoms with E-state index in [2.05, 4.69) is 10.3 Å². The fourth-order valence-electron chi connectivity index (χ4n) is 2.91. The summed E-state index contributed by atoms with van der Waals surface area (Å²) in [5.41, 5.74) is 7.80. The van der Waals surface area contributed by atoms with Gasteiger partial charge in [0.2, 0.25) is 0 Å². The Bertz CT molecular complexity index is 677. The van der Waals surface area contributed by atoms with Crippen molar-refractivity contribution in [3.05, 3.63) is 30.5 Å². The molecule has 1 aromatic carbocycles. The minimum atomic E-state index is -1.19. The van der Waals surface area contributed by atoms with Gasteiger partial charge in [0, 0.05) is 11.3 Å². The van der Waals surface area contributed by atoms with E-state index in [1.54, 1.807) is 25.3 Å². The highest BCUT2D eigenvalue weighted by molar-refractivity contribution is 5.62. The first kappa shape index (κ1) is 15.9. The van der Waals surface area contributed by atoms with Crippen LogP contribution in [0.15, 0.2) is 30.5 Å². The monoisotopic (exact) mass is 320 g/mol. The van der Waals surface area contributed by atoms with E-state index in [0.717, 1.165) is 5.56 Å². The Labute approximate surface area is 133 Å². The smallest absolute Gasteiger partial charge is 0.113 e. The van der Waals surface area contributed by atoms with Gasteiger partial charge in [0.15, 0.2) is 0 Å². The summed E-state index contributed by atoms with van der Waals surface area (Å²) in [7, 11) is 0. The van der Waals surface area contributed by atoms with Crippen molar-refractivity contribution in [2.45, 2.75) is 37.4 Å². The quantitative estimate of drug-likeness (QED) is 0.565. The normalized spacial score (nSPS) is 31.2. The fraction of sp³-hybridized carbons (Fsp3) is 0.467. The van der Waals surface area contributed by atoms with Crippen LogP contribution in [-0.2, 0) is 4.74 Å². The van der Waals surface area contributed by atoms with Crippen molar-refractivity contribution in [3.63, 3.8) is 0 Å². The van der Waals surface area contributed by atoms with E-state index in [9.17, 15) is 15.3 Å². The first-order chi connectivity index (χ1) is 11.0. The Kier molecular flexibility index (Phi) is 4.31. The van der Waals surface area contributed by atoms with Crippen LogP contribution >= 0.6 is 0 Å². The number of benzene rings is 1. The predicted octanol–water partition coefficient (Wildman–Crippen LogP) is -0.430. The number of aliphatic hydroxyl groups is 3. The number of nitrogens with zero attached hydrogens (tertiary/aromatic N) is 3. The van der Waals surface area contributed by atoms with E-state index in [1.807, 2.05) is 12.1 Å². The van der Waals surface area contributed by atoms with Crippen molar-refractivity contribution in [2.24, 2.45) is 0 Å². The van der Waals surface area contributed by atoms with Crippen molar-refractivity contribution >= 4 is 5.69 Å². The van der Waals surface area contributed by atoms with Crippen LogP contribution in [0.2, 0.25) is 0 Å². The SMILES string of the molecule is C[C@@H]1O[C@H](CO)[C@H](O)[C@H](O)[C@H]1n1cc(-c2cccc(N)c2)nn1. The van der Waals surface area contributed by atoms with Crippen LogP contribution in [0.25, 0.3) is 11.3 Å². The molecule has 0 bridgehead atoms. The first-order valence-corrected chi connectivity index (χ1v) is 7.41. The van der Waals surface area contributed by atoms with E-state index in [1.165, 1.54) is 4.68 Å². The Balaban J connectivity index is 1.87. The maximum atomic E-state index is 10.3. The number of rotatable bonds is 3. The second-order valence-electron chi connectivity index (χ2n) is 5.74. The third-order valence-corrected chi connectivity index (χ3v) is 4.13. The Morgan fingerprint density at radius 2 is 2.09 bits per heavy atom. The van der Waals surface area contributed by atoms with E-state index >= 15 is 0 Å². The molecule has 0 saturated carbocycles.